The van der Waals surface area contributed by atoms with E-state index in [1.54, 1.807) is 30.3 Å². The number of para-hydroxylation sites is 1. The molecular formula is C22H15N3O4. The molecule has 0 saturated carbocycles. The predicted molar refractivity (Wildman–Crippen MR) is 105 cm³/mol. The first-order valence-corrected chi connectivity index (χ1v) is 8.97. The van der Waals surface area contributed by atoms with Crippen molar-refractivity contribution in [2.75, 3.05) is 5.32 Å². The summed E-state index contributed by atoms with van der Waals surface area (Å²) in [5.41, 5.74) is 6.65. The fourth-order valence-corrected chi connectivity index (χ4v) is 4.22. The molecule has 3 aromatic rings. The van der Waals surface area contributed by atoms with Crippen LogP contribution < -0.4 is 21.4 Å². The van der Waals surface area contributed by atoms with Gasteiger partial charge in [-0.1, -0.05) is 18.2 Å². The topological polar surface area (TPSA) is 118 Å². The van der Waals surface area contributed by atoms with Crippen LogP contribution in [0.2, 0.25) is 0 Å². The summed E-state index contributed by atoms with van der Waals surface area (Å²) in [4.78, 5) is 26.5. The van der Waals surface area contributed by atoms with Gasteiger partial charge in [0.25, 0.3) is 0 Å². The molecule has 1 unspecified atom stereocenters. The number of nitrogens with one attached hydrogen (secondary N) is 1. The van der Waals surface area contributed by atoms with Crippen LogP contribution in [0.3, 0.4) is 0 Å². The van der Waals surface area contributed by atoms with Crippen molar-refractivity contribution in [2.45, 2.75) is 19.3 Å². The summed E-state index contributed by atoms with van der Waals surface area (Å²) < 4.78 is 11.4. The Kier molecular flexibility index (Phi) is 3.23. The molecule has 7 heteroatoms. The van der Waals surface area contributed by atoms with Gasteiger partial charge in [0.15, 0.2) is 11.2 Å². The summed E-state index contributed by atoms with van der Waals surface area (Å²) in [6.45, 7) is 3.82. The second-order valence-corrected chi connectivity index (χ2v) is 7.23. The van der Waals surface area contributed by atoms with Gasteiger partial charge in [-0.15, -0.1) is 0 Å². The Bertz CT molecular complexity index is 1390. The highest BCUT2D eigenvalue weighted by Gasteiger charge is 2.58. The van der Waals surface area contributed by atoms with Gasteiger partial charge in [-0.3, -0.25) is 4.79 Å². The molecule has 0 aliphatic carbocycles. The lowest BCUT2D eigenvalue weighted by atomic mass is 9.69. The van der Waals surface area contributed by atoms with Gasteiger partial charge in [-0.2, -0.15) is 5.26 Å². The highest BCUT2D eigenvalue weighted by molar-refractivity contribution is 6.13. The van der Waals surface area contributed by atoms with E-state index in [0.29, 0.717) is 22.2 Å². The average Bonchev–Trinajstić information content (AvgIpc) is 2.96. The van der Waals surface area contributed by atoms with E-state index in [0.717, 1.165) is 11.1 Å². The number of ether oxygens (including phenoxy) is 1. The first kappa shape index (κ1) is 17.1. The number of rotatable bonds is 0. The zero-order chi connectivity index (χ0) is 20.5. The Balaban J connectivity index is 2.01. The maximum Gasteiger partial charge on any atom is 0.345 e. The van der Waals surface area contributed by atoms with E-state index < -0.39 is 16.9 Å². The van der Waals surface area contributed by atoms with E-state index in [1.165, 1.54) is 0 Å². The molecule has 2 aliphatic heterocycles. The molecule has 2 aliphatic rings. The maximum absolute atomic E-state index is 13.3. The molecule has 2 aromatic carbocycles. The Labute approximate surface area is 165 Å². The number of aryl methyl sites for hydroxylation is 2. The normalized spacial score (nSPS) is 19.6. The van der Waals surface area contributed by atoms with Crippen LogP contribution in [0.15, 0.2) is 57.1 Å². The van der Waals surface area contributed by atoms with Crippen LogP contribution in [0.4, 0.5) is 5.69 Å². The second-order valence-electron chi connectivity index (χ2n) is 7.23. The first-order valence-electron chi connectivity index (χ1n) is 8.97. The minimum atomic E-state index is -1.73. The molecule has 3 heterocycles. The largest absolute Gasteiger partial charge is 0.439 e. The average molecular weight is 385 g/mol. The monoisotopic (exact) mass is 385 g/mol. The SMILES string of the molecule is Cc1cc2oc(=O)c3c(c2cc1C)OC(N)=C(C#N)C31C(=O)Nc2ccccc21. The van der Waals surface area contributed by atoms with Gasteiger partial charge in [0.05, 0.1) is 5.39 Å². The number of hydrogen-bond donors (Lipinski definition) is 2. The summed E-state index contributed by atoms with van der Waals surface area (Å²) in [7, 11) is 0. The van der Waals surface area contributed by atoms with Crippen molar-refractivity contribution in [3.8, 4) is 11.8 Å². The van der Waals surface area contributed by atoms with Gasteiger partial charge in [0.2, 0.25) is 11.8 Å². The number of benzene rings is 2. The van der Waals surface area contributed by atoms with Crippen molar-refractivity contribution >= 4 is 22.6 Å². The van der Waals surface area contributed by atoms with Crippen LogP contribution in [0.25, 0.3) is 11.0 Å². The smallest absolute Gasteiger partial charge is 0.345 e. The summed E-state index contributed by atoms with van der Waals surface area (Å²) in [6.07, 6.45) is 0. The molecule has 0 bridgehead atoms. The number of amides is 1. The Hall–Kier alpha value is -4.05. The van der Waals surface area contributed by atoms with Crippen LogP contribution >= 0.6 is 0 Å². The predicted octanol–water partition coefficient (Wildman–Crippen LogP) is 2.73. The van der Waals surface area contributed by atoms with Crippen molar-refractivity contribution in [3.05, 3.63) is 80.5 Å². The highest BCUT2D eigenvalue weighted by atomic mass is 16.5. The van der Waals surface area contributed by atoms with Gasteiger partial charge in [-0.05, 0) is 43.2 Å². The van der Waals surface area contributed by atoms with Crippen LogP contribution in [0.5, 0.6) is 5.75 Å². The number of fused-ring (bicyclic) bond motifs is 6. The highest BCUT2D eigenvalue weighted by Crippen LogP contribution is 2.53. The molecular weight excluding hydrogens is 370 g/mol. The molecule has 1 aromatic heterocycles. The molecule has 142 valence electrons. The van der Waals surface area contributed by atoms with Crippen molar-refractivity contribution in [2.24, 2.45) is 5.73 Å². The Morgan fingerprint density at radius 1 is 1.14 bits per heavy atom. The van der Waals surface area contributed by atoms with E-state index in [-0.39, 0.29) is 22.8 Å². The van der Waals surface area contributed by atoms with E-state index in [4.69, 9.17) is 14.9 Å². The van der Waals surface area contributed by atoms with E-state index in [2.05, 4.69) is 5.32 Å². The zero-order valence-electron chi connectivity index (χ0n) is 15.6. The summed E-state index contributed by atoms with van der Waals surface area (Å²) in [5.74, 6) is -0.613. The second kappa shape index (κ2) is 5.49. The minimum absolute atomic E-state index is 0.0403. The van der Waals surface area contributed by atoms with Crippen LogP contribution in [0, 0.1) is 25.2 Å². The van der Waals surface area contributed by atoms with Gasteiger partial charge >= 0.3 is 5.63 Å². The number of nitriles is 1. The van der Waals surface area contributed by atoms with Crippen LogP contribution in [-0.2, 0) is 10.2 Å². The van der Waals surface area contributed by atoms with Crippen LogP contribution in [-0.4, -0.2) is 5.91 Å². The lowest BCUT2D eigenvalue weighted by molar-refractivity contribution is -0.118. The van der Waals surface area contributed by atoms with Crippen molar-refractivity contribution < 1.29 is 13.9 Å². The van der Waals surface area contributed by atoms with E-state index in [1.807, 2.05) is 26.0 Å². The summed E-state index contributed by atoms with van der Waals surface area (Å²) in [5, 5.41) is 13.1. The molecule has 1 atom stereocenters. The fraction of sp³-hybridized carbons (Fsp3) is 0.136. The molecule has 0 saturated heterocycles. The lowest BCUT2D eigenvalue weighted by Crippen LogP contribution is -2.45. The molecule has 0 fully saturated rings. The molecule has 7 nitrogen and oxygen atoms in total. The number of nitrogens with zero attached hydrogens (tertiary/aromatic N) is 1. The molecule has 3 N–H and O–H groups in total. The Morgan fingerprint density at radius 3 is 2.62 bits per heavy atom. The molecule has 1 amide bonds. The zero-order valence-corrected chi connectivity index (χ0v) is 15.6. The van der Waals surface area contributed by atoms with E-state index >= 15 is 0 Å². The molecule has 0 radical (unpaired) electrons. The number of nitrogens with two attached hydrogens (primary N) is 1. The lowest BCUT2D eigenvalue weighted by Gasteiger charge is -2.32. The third-order valence-electron chi connectivity index (χ3n) is 5.71. The first-order chi connectivity index (χ1) is 13.9. The maximum atomic E-state index is 13.3. The molecule has 29 heavy (non-hydrogen) atoms. The minimum Gasteiger partial charge on any atom is -0.439 e. The van der Waals surface area contributed by atoms with Gasteiger partial charge < -0.3 is 20.2 Å². The van der Waals surface area contributed by atoms with E-state index in [9.17, 15) is 14.9 Å². The number of hydrogen-bond acceptors (Lipinski definition) is 6. The molecule has 1 spiro atoms. The van der Waals surface area contributed by atoms with Gasteiger partial charge in [0.1, 0.15) is 22.8 Å². The summed E-state index contributed by atoms with van der Waals surface area (Å²) in [6, 6.07) is 12.4. The quantitative estimate of drug-likeness (QED) is 0.575. The third-order valence-corrected chi connectivity index (χ3v) is 5.71. The van der Waals surface area contributed by atoms with Crippen molar-refractivity contribution in [1.29, 1.82) is 5.26 Å². The summed E-state index contributed by atoms with van der Waals surface area (Å²) >= 11 is 0. The van der Waals surface area contributed by atoms with Gasteiger partial charge in [0, 0.05) is 11.3 Å². The number of carbonyl (C=O) groups excluding carboxylic acids is 1. The van der Waals surface area contributed by atoms with Gasteiger partial charge in [-0.25, -0.2) is 4.79 Å². The van der Waals surface area contributed by atoms with Crippen LogP contribution in [0.1, 0.15) is 22.3 Å². The van der Waals surface area contributed by atoms with Crippen molar-refractivity contribution in [3.63, 3.8) is 0 Å². The standard InChI is InChI=1S/C22H15N3O4/c1-10-7-12-16(8-11(10)2)28-20(26)17-18(12)29-19(24)14(9-23)22(17)13-5-3-4-6-15(13)25-21(22)27/h3-8H,24H2,1-2H3,(H,25,27). The number of anilines is 1. The third kappa shape index (κ3) is 1.95. The molecule has 5 rings (SSSR count). The Morgan fingerprint density at radius 2 is 1.86 bits per heavy atom. The van der Waals surface area contributed by atoms with Crippen molar-refractivity contribution in [1.82, 2.24) is 0 Å². The number of carbonyl (C=O) groups is 1. The fourth-order valence-electron chi connectivity index (χ4n) is 4.22.